The summed E-state index contributed by atoms with van der Waals surface area (Å²) in [5.74, 6) is -2.96. The lowest BCUT2D eigenvalue weighted by atomic mass is 9.81. The van der Waals surface area contributed by atoms with Crippen LogP contribution in [0.1, 0.15) is 19.4 Å². The summed E-state index contributed by atoms with van der Waals surface area (Å²) >= 11 is 0. The van der Waals surface area contributed by atoms with Gasteiger partial charge in [0.05, 0.1) is 10.8 Å². The van der Waals surface area contributed by atoms with Gasteiger partial charge in [-0.2, -0.15) is 13.2 Å². The summed E-state index contributed by atoms with van der Waals surface area (Å²) in [4.78, 5) is 11.7. The molecule has 1 fully saturated rings. The maximum Gasteiger partial charge on any atom is 0.410 e. The largest absolute Gasteiger partial charge is 0.410 e. The standard InChI is InChI=1S/C14H16F3NO3S/c1-8(2)11-12(14(15,16)17)18(13(11)19)22(20,21)10-6-4-9(3)5-7-10/h4-8,11-12H,1-3H3. The molecule has 1 amide bonds. The van der Waals surface area contributed by atoms with Crippen molar-refractivity contribution >= 4 is 15.9 Å². The van der Waals surface area contributed by atoms with Crippen LogP contribution in [0, 0.1) is 18.8 Å². The molecule has 22 heavy (non-hydrogen) atoms. The maximum atomic E-state index is 13.2. The number of halogens is 3. The summed E-state index contributed by atoms with van der Waals surface area (Å²) < 4.78 is 64.3. The molecule has 122 valence electrons. The number of rotatable bonds is 3. The molecule has 0 bridgehead atoms. The first kappa shape index (κ1) is 16.8. The number of hydrogen-bond acceptors (Lipinski definition) is 3. The molecular weight excluding hydrogens is 319 g/mol. The van der Waals surface area contributed by atoms with E-state index >= 15 is 0 Å². The highest BCUT2D eigenvalue weighted by Gasteiger charge is 2.65. The minimum absolute atomic E-state index is 0.0255. The Labute approximate surface area is 127 Å². The second-order valence-corrected chi connectivity index (χ2v) is 7.52. The summed E-state index contributed by atoms with van der Waals surface area (Å²) in [7, 11) is -4.50. The Morgan fingerprint density at radius 1 is 1.14 bits per heavy atom. The zero-order chi connectivity index (χ0) is 16.9. The van der Waals surface area contributed by atoms with Gasteiger partial charge in [0.15, 0.2) is 6.04 Å². The van der Waals surface area contributed by atoms with Crippen LogP contribution in [0.15, 0.2) is 29.2 Å². The quantitative estimate of drug-likeness (QED) is 0.798. The third kappa shape index (κ3) is 2.60. The summed E-state index contributed by atoms with van der Waals surface area (Å²) in [6, 6.07) is 3.05. The van der Waals surface area contributed by atoms with Crippen molar-refractivity contribution in [2.45, 2.75) is 37.9 Å². The van der Waals surface area contributed by atoms with Crippen molar-refractivity contribution in [2.24, 2.45) is 11.8 Å². The van der Waals surface area contributed by atoms with Crippen LogP contribution in [-0.2, 0) is 14.8 Å². The van der Waals surface area contributed by atoms with Crippen LogP contribution >= 0.6 is 0 Å². The van der Waals surface area contributed by atoms with Crippen LogP contribution in [0.25, 0.3) is 0 Å². The van der Waals surface area contributed by atoms with Gasteiger partial charge in [-0.15, -0.1) is 0 Å². The topological polar surface area (TPSA) is 54.5 Å². The number of β-lactam (4-membered cyclic amide) rings is 1. The van der Waals surface area contributed by atoms with Gasteiger partial charge in [0.25, 0.3) is 10.0 Å². The van der Waals surface area contributed by atoms with Gasteiger partial charge in [0, 0.05) is 0 Å². The van der Waals surface area contributed by atoms with E-state index < -0.39 is 40.0 Å². The summed E-state index contributed by atoms with van der Waals surface area (Å²) in [5, 5.41) is 0. The number of hydrogen-bond donors (Lipinski definition) is 0. The summed E-state index contributed by atoms with van der Waals surface area (Å²) in [5.41, 5.74) is 0.765. The first-order valence-corrected chi connectivity index (χ1v) is 8.13. The lowest BCUT2D eigenvalue weighted by Crippen LogP contribution is -2.69. The minimum atomic E-state index is -4.79. The molecule has 0 spiro atoms. The van der Waals surface area contributed by atoms with Crippen molar-refractivity contribution in [1.29, 1.82) is 0 Å². The predicted octanol–water partition coefficient (Wildman–Crippen LogP) is 2.73. The van der Waals surface area contributed by atoms with E-state index in [0.29, 0.717) is 0 Å². The Bertz CT molecular complexity index is 680. The van der Waals surface area contributed by atoms with Gasteiger partial charge in [0.2, 0.25) is 5.91 Å². The van der Waals surface area contributed by atoms with Crippen LogP contribution in [-0.4, -0.2) is 30.8 Å². The Kier molecular flexibility index (Phi) is 4.01. The number of sulfonamides is 1. The molecule has 1 saturated heterocycles. The second kappa shape index (κ2) is 5.26. The van der Waals surface area contributed by atoms with Crippen molar-refractivity contribution in [1.82, 2.24) is 4.31 Å². The number of aryl methyl sites for hydroxylation is 1. The molecule has 1 aromatic carbocycles. The van der Waals surface area contributed by atoms with Crippen LogP contribution < -0.4 is 0 Å². The highest BCUT2D eigenvalue weighted by Crippen LogP contribution is 2.45. The number of alkyl halides is 3. The molecule has 4 nitrogen and oxygen atoms in total. The van der Waals surface area contributed by atoms with Gasteiger partial charge >= 0.3 is 6.18 Å². The van der Waals surface area contributed by atoms with E-state index in [1.54, 1.807) is 6.92 Å². The molecule has 2 rings (SSSR count). The van der Waals surface area contributed by atoms with Crippen LogP contribution in [0.2, 0.25) is 0 Å². The fourth-order valence-corrected chi connectivity index (χ4v) is 4.18. The van der Waals surface area contributed by atoms with E-state index in [0.717, 1.165) is 5.56 Å². The maximum absolute atomic E-state index is 13.2. The number of amides is 1. The molecule has 2 unspecified atom stereocenters. The fraction of sp³-hybridized carbons (Fsp3) is 0.500. The van der Waals surface area contributed by atoms with Gasteiger partial charge in [-0.05, 0) is 25.0 Å². The van der Waals surface area contributed by atoms with Crippen LogP contribution in [0.3, 0.4) is 0 Å². The van der Waals surface area contributed by atoms with Crippen molar-refractivity contribution in [3.63, 3.8) is 0 Å². The molecule has 0 N–H and O–H groups in total. The molecule has 0 radical (unpaired) electrons. The lowest BCUT2D eigenvalue weighted by Gasteiger charge is -2.47. The Morgan fingerprint density at radius 3 is 2.05 bits per heavy atom. The zero-order valence-electron chi connectivity index (χ0n) is 12.3. The third-order valence-electron chi connectivity index (χ3n) is 3.73. The van der Waals surface area contributed by atoms with Gasteiger partial charge in [-0.1, -0.05) is 31.5 Å². The van der Waals surface area contributed by atoms with Gasteiger partial charge < -0.3 is 0 Å². The Morgan fingerprint density at radius 2 is 1.64 bits per heavy atom. The molecular formula is C14H16F3NO3S. The predicted molar refractivity (Wildman–Crippen MR) is 73.4 cm³/mol. The lowest BCUT2D eigenvalue weighted by molar-refractivity contribution is -0.219. The molecule has 0 saturated carbocycles. The molecule has 1 aliphatic heterocycles. The molecule has 1 aliphatic rings. The van der Waals surface area contributed by atoms with E-state index in [-0.39, 0.29) is 9.20 Å². The first-order valence-electron chi connectivity index (χ1n) is 6.69. The van der Waals surface area contributed by atoms with E-state index in [4.69, 9.17) is 0 Å². The second-order valence-electron chi connectivity index (χ2n) is 5.71. The molecule has 1 aromatic rings. The summed E-state index contributed by atoms with van der Waals surface area (Å²) in [6.07, 6.45) is -4.79. The Balaban J connectivity index is 2.46. The van der Waals surface area contributed by atoms with Crippen molar-refractivity contribution < 1.29 is 26.4 Å². The van der Waals surface area contributed by atoms with Crippen molar-refractivity contribution in [2.75, 3.05) is 0 Å². The van der Waals surface area contributed by atoms with Gasteiger partial charge in [-0.3, -0.25) is 4.79 Å². The molecule has 1 heterocycles. The molecule has 0 aromatic heterocycles. The first-order chi connectivity index (χ1) is 9.98. The molecule has 2 atom stereocenters. The highest BCUT2D eigenvalue weighted by molar-refractivity contribution is 7.89. The number of benzene rings is 1. The van der Waals surface area contributed by atoms with Gasteiger partial charge in [-0.25, -0.2) is 12.7 Å². The highest BCUT2D eigenvalue weighted by atomic mass is 32.2. The average molecular weight is 335 g/mol. The average Bonchev–Trinajstić information content (AvgIpc) is 2.34. The van der Waals surface area contributed by atoms with Gasteiger partial charge in [0.1, 0.15) is 0 Å². The van der Waals surface area contributed by atoms with Crippen LogP contribution in [0.5, 0.6) is 0 Å². The fourth-order valence-electron chi connectivity index (χ4n) is 2.56. The molecule has 0 aliphatic carbocycles. The number of carbonyl (C=O) groups is 1. The summed E-state index contributed by atoms with van der Waals surface area (Å²) in [6.45, 7) is 4.66. The molecule has 8 heteroatoms. The zero-order valence-corrected chi connectivity index (χ0v) is 13.1. The third-order valence-corrected chi connectivity index (χ3v) is 5.52. The number of carbonyl (C=O) groups excluding carboxylic acids is 1. The Hall–Kier alpha value is -1.57. The SMILES string of the molecule is Cc1ccc(S(=O)(=O)N2C(=O)C(C(C)C)C2C(F)(F)F)cc1. The monoisotopic (exact) mass is 335 g/mol. The van der Waals surface area contributed by atoms with Crippen molar-refractivity contribution in [3.8, 4) is 0 Å². The van der Waals surface area contributed by atoms with E-state index in [1.165, 1.54) is 38.1 Å². The van der Waals surface area contributed by atoms with E-state index in [2.05, 4.69) is 0 Å². The van der Waals surface area contributed by atoms with E-state index in [1.807, 2.05) is 0 Å². The normalized spacial score (nSPS) is 22.9. The number of nitrogens with zero attached hydrogens (tertiary/aromatic N) is 1. The minimum Gasteiger partial charge on any atom is -0.273 e. The van der Waals surface area contributed by atoms with Crippen LogP contribution in [0.4, 0.5) is 13.2 Å². The smallest absolute Gasteiger partial charge is 0.273 e. The van der Waals surface area contributed by atoms with Crippen molar-refractivity contribution in [3.05, 3.63) is 29.8 Å². The van der Waals surface area contributed by atoms with E-state index in [9.17, 15) is 26.4 Å².